The third kappa shape index (κ3) is 2.64. The highest BCUT2D eigenvalue weighted by Crippen LogP contribution is 2.31. The summed E-state index contributed by atoms with van der Waals surface area (Å²) < 4.78 is 0. The van der Waals surface area contributed by atoms with E-state index in [1.807, 2.05) is 0 Å². The minimum atomic E-state index is 0.156. The third-order valence-corrected chi connectivity index (χ3v) is 2.70. The summed E-state index contributed by atoms with van der Waals surface area (Å²) in [7, 11) is 0. The fourth-order valence-electron chi connectivity index (χ4n) is 1.63. The van der Waals surface area contributed by atoms with E-state index in [2.05, 4.69) is 25.8 Å². The number of carbonyl (C=O) groups excluding carboxylic acids is 1. The molecule has 0 radical (unpaired) electrons. The first-order valence-corrected chi connectivity index (χ1v) is 5.12. The van der Waals surface area contributed by atoms with Gasteiger partial charge in [-0.2, -0.15) is 0 Å². The quantitative estimate of drug-likeness (QED) is 0.644. The van der Waals surface area contributed by atoms with Gasteiger partial charge in [0, 0.05) is 30.5 Å². The number of rotatable bonds is 2. The van der Waals surface area contributed by atoms with Crippen molar-refractivity contribution in [2.24, 2.45) is 10.4 Å². The Hall–Kier alpha value is -0.660. The molecule has 1 aliphatic carbocycles. The fourth-order valence-corrected chi connectivity index (χ4v) is 1.63. The van der Waals surface area contributed by atoms with E-state index in [1.54, 1.807) is 0 Å². The van der Waals surface area contributed by atoms with Crippen LogP contribution in [0.25, 0.3) is 0 Å². The summed E-state index contributed by atoms with van der Waals surface area (Å²) in [4.78, 5) is 15.7. The van der Waals surface area contributed by atoms with E-state index in [0.29, 0.717) is 12.2 Å². The monoisotopic (exact) mass is 181 g/mol. The van der Waals surface area contributed by atoms with E-state index < -0.39 is 0 Å². The lowest BCUT2D eigenvalue weighted by Gasteiger charge is -2.30. The highest BCUT2D eigenvalue weighted by atomic mass is 16.1. The predicted molar refractivity (Wildman–Crippen MR) is 55.2 cm³/mol. The van der Waals surface area contributed by atoms with Gasteiger partial charge in [0.05, 0.1) is 0 Å². The van der Waals surface area contributed by atoms with E-state index in [9.17, 15) is 4.79 Å². The second-order valence-electron chi connectivity index (χ2n) is 4.43. The summed E-state index contributed by atoms with van der Waals surface area (Å²) in [5, 5.41) is 0. The van der Waals surface area contributed by atoms with Crippen molar-refractivity contribution in [2.45, 2.75) is 46.5 Å². The Bertz CT molecular complexity index is 228. The van der Waals surface area contributed by atoms with Gasteiger partial charge < -0.3 is 0 Å². The Balaban J connectivity index is 2.71. The van der Waals surface area contributed by atoms with Crippen LogP contribution in [-0.2, 0) is 4.79 Å². The van der Waals surface area contributed by atoms with Crippen LogP contribution in [0.4, 0.5) is 0 Å². The van der Waals surface area contributed by atoms with Crippen LogP contribution in [0.3, 0.4) is 0 Å². The maximum atomic E-state index is 11.2. The second-order valence-corrected chi connectivity index (χ2v) is 4.43. The van der Waals surface area contributed by atoms with E-state index in [0.717, 1.165) is 31.5 Å². The Kier molecular flexibility index (Phi) is 3.23. The maximum absolute atomic E-state index is 11.2. The van der Waals surface area contributed by atoms with Crippen molar-refractivity contribution in [3.05, 3.63) is 0 Å². The van der Waals surface area contributed by atoms with Crippen molar-refractivity contribution in [3.63, 3.8) is 0 Å². The van der Waals surface area contributed by atoms with Crippen molar-refractivity contribution in [3.8, 4) is 0 Å². The number of hydrogen-bond acceptors (Lipinski definition) is 2. The Morgan fingerprint density at radius 1 is 1.46 bits per heavy atom. The molecule has 1 fully saturated rings. The van der Waals surface area contributed by atoms with Crippen LogP contribution in [0.2, 0.25) is 0 Å². The minimum absolute atomic E-state index is 0.156. The molecule has 0 heterocycles. The molecule has 1 aliphatic rings. The summed E-state index contributed by atoms with van der Waals surface area (Å²) in [5.41, 5.74) is 1.27. The average molecular weight is 181 g/mol. The molecular formula is C11H19NO. The molecule has 2 heteroatoms. The summed E-state index contributed by atoms with van der Waals surface area (Å²) in [6.07, 6.45) is 3.35. The maximum Gasteiger partial charge on any atom is 0.138 e. The summed E-state index contributed by atoms with van der Waals surface area (Å²) in [5.74, 6) is 0.356. The van der Waals surface area contributed by atoms with Crippen molar-refractivity contribution in [1.82, 2.24) is 0 Å². The van der Waals surface area contributed by atoms with Gasteiger partial charge in [-0.3, -0.25) is 9.79 Å². The highest BCUT2D eigenvalue weighted by Gasteiger charge is 2.31. The summed E-state index contributed by atoms with van der Waals surface area (Å²) >= 11 is 0. The average Bonchev–Trinajstić information content (AvgIpc) is 2.07. The minimum Gasteiger partial charge on any atom is -0.299 e. The Morgan fingerprint density at radius 2 is 2.15 bits per heavy atom. The molecule has 0 saturated heterocycles. The Morgan fingerprint density at radius 3 is 2.77 bits per heavy atom. The standard InChI is InChI=1S/C11H19NO/c1-4-7-12-10-8-9(13)5-6-11(10,2)3/h4-8H2,1-3H3. The number of Topliss-reactive ketones (excluding diaryl/α,β-unsaturated/α-hetero) is 1. The van der Waals surface area contributed by atoms with Gasteiger partial charge in [-0.1, -0.05) is 20.8 Å². The zero-order valence-corrected chi connectivity index (χ0v) is 8.89. The van der Waals surface area contributed by atoms with E-state index in [4.69, 9.17) is 0 Å². The highest BCUT2D eigenvalue weighted by molar-refractivity contribution is 6.06. The molecule has 0 aromatic rings. The molecule has 0 aliphatic heterocycles. The lowest BCUT2D eigenvalue weighted by Crippen LogP contribution is -2.32. The van der Waals surface area contributed by atoms with Gasteiger partial charge in [-0.25, -0.2) is 0 Å². The van der Waals surface area contributed by atoms with Gasteiger partial charge in [0.2, 0.25) is 0 Å². The van der Waals surface area contributed by atoms with Gasteiger partial charge in [-0.05, 0) is 12.8 Å². The largest absolute Gasteiger partial charge is 0.299 e. The van der Waals surface area contributed by atoms with Crippen LogP contribution in [-0.4, -0.2) is 18.0 Å². The molecule has 0 aromatic carbocycles. The fraction of sp³-hybridized carbons (Fsp3) is 0.818. The first-order valence-electron chi connectivity index (χ1n) is 5.12. The van der Waals surface area contributed by atoms with Crippen LogP contribution >= 0.6 is 0 Å². The molecule has 13 heavy (non-hydrogen) atoms. The lowest BCUT2D eigenvalue weighted by molar-refractivity contribution is -0.119. The second kappa shape index (κ2) is 4.03. The van der Waals surface area contributed by atoms with Crippen molar-refractivity contribution in [2.75, 3.05) is 6.54 Å². The van der Waals surface area contributed by atoms with Crippen LogP contribution in [0.15, 0.2) is 4.99 Å². The van der Waals surface area contributed by atoms with Crippen molar-refractivity contribution in [1.29, 1.82) is 0 Å². The SMILES string of the molecule is CCCN=C1CC(=O)CCC1(C)C. The summed E-state index contributed by atoms with van der Waals surface area (Å²) in [6.45, 7) is 7.36. The predicted octanol–water partition coefficient (Wildman–Crippen LogP) is 2.62. The molecule has 0 amide bonds. The van der Waals surface area contributed by atoms with E-state index >= 15 is 0 Å². The van der Waals surface area contributed by atoms with E-state index in [1.165, 1.54) is 0 Å². The molecule has 0 atom stereocenters. The van der Waals surface area contributed by atoms with Crippen molar-refractivity contribution < 1.29 is 4.79 Å². The molecule has 0 spiro atoms. The molecule has 2 nitrogen and oxygen atoms in total. The number of carbonyl (C=O) groups is 1. The van der Waals surface area contributed by atoms with Gasteiger partial charge in [-0.15, -0.1) is 0 Å². The molecular weight excluding hydrogens is 162 g/mol. The van der Waals surface area contributed by atoms with Crippen molar-refractivity contribution >= 4 is 11.5 Å². The van der Waals surface area contributed by atoms with Gasteiger partial charge >= 0.3 is 0 Å². The smallest absolute Gasteiger partial charge is 0.138 e. The number of ketones is 1. The third-order valence-electron chi connectivity index (χ3n) is 2.70. The first-order chi connectivity index (χ1) is 6.06. The molecule has 0 unspecified atom stereocenters. The van der Waals surface area contributed by atoms with Crippen LogP contribution in [0.1, 0.15) is 46.5 Å². The number of nitrogens with zero attached hydrogens (tertiary/aromatic N) is 1. The molecule has 0 aromatic heterocycles. The first kappa shape index (κ1) is 10.4. The molecule has 0 N–H and O–H groups in total. The molecule has 1 saturated carbocycles. The summed E-state index contributed by atoms with van der Waals surface area (Å²) in [6, 6.07) is 0. The lowest BCUT2D eigenvalue weighted by atomic mass is 9.75. The van der Waals surface area contributed by atoms with Gasteiger partial charge in [0.25, 0.3) is 0 Å². The number of hydrogen-bond donors (Lipinski definition) is 0. The number of aliphatic imine (C=N–C) groups is 1. The normalized spacial score (nSPS) is 25.2. The molecule has 74 valence electrons. The van der Waals surface area contributed by atoms with Crippen LogP contribution in [0, 0.1) is 5.41 Å². The van der Waals surface area contributed by atoms with Crippen LogP contribution in [0.5, 0.6) is 0 Å². The molecule has 0 bridgehead atoms. The zero-order chi connectivity index (χ0) is 9.90. The topological polar surface area (TPSA) is 29.4 Å². The molecule has 1 rings (SSSR count). The Labute approximate surface area is 80.4 Å². The van der Waals surface area contributed by atoms with E-state index in [-0.39, 0.29) is 5.41 Å². The van der Waals surface area contributed by atoms with Crippen LogP contribution < -0.4 is 0 Å². The van der Waals surface area contributed by atoms with Gasteiger partial charge in [0.15, 0.2) is 0 Å². The zero-order valence-electron chi connectivity index (χ0n) is 8.89. The van der Waals surface area contributed by atoms with Gasteiger partial charge in [0.1, 0.15) is 5.78 Å².